The standard InChI is InChI=1S/C29H32F2N4O2/c1-32-26-5-3-4-22(16-26)21-6-8-23(9-7-21)29(10-12-35(13-11-29)14-15-37-2)20-33-28(36)34-27-18-24(30)17-25(31)19-27/h3-9,16-19H,1,10-15,20H2,2H3,(H2,33,34,36). The van der Waals surface area contributed by atoms with E-state index in [0.717, 1.165) is 73.1 Å². The van der Waals surface area contributed by atoms with Crippen molar-refractivity contribution in [3.63, 3.8) is 0 Å². The lowest BCUT2D eigenvalue weighted by atomic mass is 9.72. The molecule has 0 aliphatic carbocycles. The number of methoxy groups -OCH3 is 1. The van der Waals surface area contributed by atoms with Gasteiger partial charge >= 0.3 is 6.03 Å². The molecule has 1 aliphatic rings. The molecular weight excluding hydrogens is 474 g/mol. The Balaban J connectivity index is 1.51. The van der Waals surface area contributed by atoms with Crippen LogP contribution in [-0.4, -0.2) is 57.5 Å². The van der Waals surface area contributed by atoms with Crippen LogP contribution in [0.4, 0.5) is 25.0 Å². The first kappa shape index (κ1) is 26.4. The van der Waals surface area contributed by atoms with Crippen molar-refractivity contribution in [3.8, 4) is 11.1 Å². The van der Waals surface area contributed by atoms with Crippen LogP contribution in [0.25, 0.3) is 11.1 Å². The predicted octanol–water partition coefficient (Wildman–Crippen LogP) is 5.77. The Bertz CT molecular complexity index is 1200. The summed E-state index contributed by atoms with van der Waals surface area (Å²) in [4.78, 5) is 19.0. The van der Waals surface area contributed by atoms with E-state index >= 15 is 0 Å². The van der Waals surface area contributed by atoms with Gasteiger partial charge in [-0.2, -0.15) is 0 Å². The summed E-state index contributed by atoms with van der Waals surface area (Å²) in [5, 5.41) is 5.48. The van der Waals surface area contributed by atoms with Crippen LogP contribution in [0, 0.1) is 11.6 Å². The van der Waals surface area contributed by atoms with Crippen molar-refractivity contribution < 1.29 is 18.3 Å². The molecule has 8 heteroatoms. The number of benzene rings is 3. The number of likely N-dealkylation sites (tertiary alicyclic amines) is 1. The van der Waals surface area contributed by atoms with Gasteiger partial charge < -0.3 is 20.3 Å². The van der Waals surface area contributed by atoms with Crippen molar-refractivity contribution in [2.45, 2.75) is 18.3 Å². The molecule has 2 N–H and O–H groups in total. The van der Waals surface area contributed by atoms with Crippen LogP contribution in [0.1, 0.15) is 18.4 Å². The summed E-state index contributed by atoms with van der Waals surface area (Å²) in [7, 11) is 1.70. The largest absolute Gasteiger partial charge is 0.383 e. The minimum atomic E-state index is -0.746. The molecule has 1 heterocycles. The summed E-state index contributed by atoms with van der Waals surface area (Å²) in [6.45, 7) is 7.27. The first-order valence-electron chi connectivity index (χ1n) is 12.3. The van der Waals surface area contributed by atoms with Crippen LogP contribution in [0.5, 0.6) is 0 Å². The Morgan fingerprint density at radius 1 is 1.03 bits per heavy atom. The minimum Gasteiger partial charge on any atom is -0.383 e. The lowest BCUT2D eigenvalue weighted by Gasteiger charge is -2.42. The Morgan fingerprint density at radius 3 is 2.38 bits per heavy atom. The first-order chi connectivity index (χ1) is 17.9. The maximum absolute atomic E-state index is 13.5. The van der Waals surface area contributed by atoms with Crippen LogP contribution in [0.3, 0.4) is 0 Å². The average Bonchev–Trinajstić information content (AvgIpc) is 2.91. The molecule has 194 valence electrons. The van der Waals surface area contributed by atoms with E-state index in [-0.39, 0.29) is 11.1 Å². The van der Waals surface area contributed by atoms with E-state index in [4.69, 9.17) is 4.74 Å². The van der Waals surface area contributed by atoms with Crippen LogP contribution in [0.2, 0.25) is 0 Å². The molecule has 1 saturated heterocycles. The number of nitrogens with zero attached hydrogens (tertiary/aromatic N) is 2. The maximum Gasteiger partial charge on any atom is 0.319 e. The molecule has 2 amide bonds. The molecule has 3 aromatic rings. The van der Waals surface area contributed by atoms with Gasteiger partial charge in [0.1, 0.15) is 11.6 Å². The van der Waals surface area contributed by atoms with Gasteiger partial charge in [-0.15, -0.1) is 0 Å². The highest BCUT2D eigenvalue weighted by atomic mass is 19.1. The summed E-state index contributed by atoms with van der Waals surface area (Å²) in [5.74, 6) is -1.49. The first-order valence-corrected chi connectivity index (χ1v) is 12.3. The van der Waals surface area contributed by atoms with E-state index in [0.29, 0.717) is 13.2 Å². The van der Waals surface area contributed by atoms with E-state index in [1.54, 1.807) is 7.11 Å². The molecule has 0 aromatic heterocycles. The van der Waals surface area contributed by atoms with Gasteiger partial charge in [-0.05, 0) is 73.6 Å². The molecule has 0 saturated carbocycles. The zero-order chi connectivity index (χ0) is 26.3. The summed E-state index contributed by atoms with van der Waals surface area (Å²) < 4.78 is 32.3. The lowest BCUT2D eigenvalue weighted by molar-refractivity contribution is 0.109. The van der Waals surface area contributed by atoms with E-state index in [2.05, 4.69) is 51.5 Å². The summed E-state index contributed by atoms with van der Waals surface area (Å²) >= 11 is 0. The smallest absolute Gasteiger partial charge is 0.319 e. The molecule has 6 nitrogen and oxygen atoms in total. The van der Waals surface area contributed by atoms with Gasteiger partial charge in [0.05, 0.1) is 12.3 Å². The molecule has 0 radical (unpaired) electrons. The Kier molecular flexibility index (Phi) is 8.63. The van der Waals surface area contributed by atoms with Crippen molar-refractivity contribution in [2.24, 2.45) is 4.99 Å². The highest BCUT2D eigenvalue weighted by Crippen LogP contribution is 2.36. The van der Waals surface area contributed by atoms with Crippen LogP contribution in [0.15, 0.2) is 71.7 Å². The Morgan fingerprint density at radius 2 is 1.73 bits per heavy atom. The molecule has 0 bridgehead atoms. The zero-order valence-electron chi connectivity index (χ0n) is 21.0. The van der Waals surface area contributed by atoms with Gasteiger partial charge in [-0.25, -0.2) is 13.6 Å². The minimum absolute atomic E-state index is 0.0685. The highest BCUT2D eigenvalue weighted by molar-refractivity contribution is 5.89. The topological polar surface area (TPSA) is 66.0 Å². The lowest BCUT2D eigenvalue weighted by Crippen LogP contribution is -2.50. The number of carbonyl (C=O) groups excluding carboxylic acids is 1. The summed E-state index contributed by atoms with van der Waals surface area (Å²) in [5.41, 5.74) is 3.86. The molecule has 37 heavy (non-hydrogen) atoms. The van der Waals surface area contributed by atoms with Crippen molar-refractivity contribution >= 4 is 24.1 Å². The second-order valence-corrected chi connectivity index (χ2v) is 9.37. The zero-order valence-corrected chi connectivity index (χ0v) is 21.0. The van der Waals surface area contributed by atoms with Crippen molar-refractivity contribution in [2.75, 3.05) is 45.2 Å². The fourth-order valence-corrected chi connectivity index (χ4v) is 4.84. The van der Waals surface area contributed by atoms with E-state index < -0.39 is 17.7 Å². The quantitative estimate of drug-likeness (QED) is 0.363. The number of nitrogens with one attached hydrogen (secondary N) is 2. The van der Waals surface area contributed by atoms with Gasteiger partial charge in [-0.1, -0.05) is 36.4 Å². The molecule has 0 spiro atoms. The second kappa shape index (κ2) is 12.1. The fraction of sp³-hybridized carbons (Fsp3) is 0.310. The average molecular weight is 507 g/mol. The van der Waals surface area contributed by atoms with E-state index in [9.17, 15) is 13.6 Å². The van der Waals surface area contributed by atoms with Crippen LogP contribution < -0.4 is 10.6 Å². The van der Waals surface area contributed by atoms with Gasteiger partial charge in [0, 0.05) is 37.4 Å². The Hall–Kier alpha value is -3.62. The highest BCUT2D eigenvalue weighted by Gasteiger charge is 2.36. The number of halogens is 2. The van der Waals surface area contributed by atoms with Gasteiger partial charge in [-0.3, -0.25) is 4.99 Å². The number of rotatable bonds is 9. The van der Waals surface area contributed by atoms with Crippen LogP contribution in [-0.2, 0) is 10.2 Å². The third kappa shape index (κ3) is 6.78. The number of piperidine rings is 1. The van der Waals surface area contributed by atoms with E-state index in [1.807, 2.05) is 24.3 Å². The maximum atomic E-state index is 13.5. The number of aliphatic imine (C=N–C) groups is 1. The molecule has 1 fully saturated rings. The molecular formula is C29H32F2N4O2. The monoisotopic (exact) mass is 506 g/mol. The second-order valence-electron chi connectivity index (χ2n) is 9.37. The van der Waals surface area contributed by atoms with Crippen LogP contribution >= 0.6 is 0 Å². The fourth-order valence-electron chi connectivity index (χ4n) is 4.84. The van der Waals surface area contributed by atoms with Crippen molar-refractivity contribution in [1.29, 1.82) is 0 Å². The van der Waals surface area contributed by atoms with E-state index in [1.165, 1.54) is 0 Å². The third-order valence-corrected chi connectivity index (χ3v) is 6.99. The Labute approximate surface area is 216 Å². The van der Waals surface area contributed by atoms with Gasteiger partial charge in [0.2, 0.25) is 0 Å². The summed E-state index contributed by atoms with van der Waals surface area (Å²) in [6, 6.07) is 18.8. The number of carbonyl (C=O) groups is 1. The number of anilines is 1. The predicted molar refractivity (Wildman–Crippen MR) is 144 cm³/mol. The third-order valence-electron chi connectivity index (χ3n) is 6.99. The SMILES string of the molecule is C=Nc1cccc(-c2ccc(C3(CNC(=O)Nc4cc(F)cc(F)c4)CCN(CCOC)CC3)cc2)c1. The number of urea groups is 1. The van der Waals surface area contributed by atoms with Crippen molar-refractivity contribution in [3.05, 3.63) is 83.9 Å². The summed E-state index contributed by atoms with van der Waals surface area (Å²) in [6.07, 6.45) is 1.70. The molecule has 4 rings (SSSR count). The normalized spacial score (nSPS) is 15.2. The number of amides is 2. The number of hydrogen-bond donors (Lipinski definition) is 2. The number of ether oxygens (including phenoxy) is 1. The molecule has 0 atom stereocenters. The van der Waals surface area contributed by atoms with Gasteiger partial charge in [0.25, 0.3) is 0 Å². The van der Waals surface area contributed by atoms with Gasteiger partial charge in [0.15, 0.2) is 0 Å². The van der Waals surface area contributed by atoms with Crippen molar-refractivity contribution in [1.82, 2.24) is 10.2 Å². The molecule has 0 unspecified atom stereocenters. The molecule has 1 aliphatic heterocycles. The molecule has 3 aromatic carbocycles. The number of hydrogen-bond acceptors (Lipinski definition) is 4.